The highest BCUT2D eigenvalue weighted by Gasteiger charge is 2.28. The number of halogens is 4. The summed E-state index contributed by atoms with van der Waals surface area (Å²) in [7, 11) is 0. The minimum absolute atomic E-state index is 0. The summed E-state index contributed by atoms with van der Waals surface area (Å²) in [6.07, 6.45) is -3.16. The van der Waals surface area contributed by atoms with Gasteiger partial charge < -0.3 is 20.2 Å². The third-order valence-corrected chi connectivity index (χ3v) is 3.17. The van der Waals surface area contributed by atoms with Gasteiger partial charge in [0.15, 0.2) is 6.61 Å². The van der Waals surface area contributed by atoms with Crippen LogP contribution >= 0.6 is 12.4 Å². The van der Waals surface area contributed by atoms with E-state index in [0.717, 1.165) is 5.56 Å². The zero-order valence-electron chi connectivity index (χ0n) is 13.4. The van der Waals surface area contributed by atoms with Gasteiger partial charge in [0.25, 0.3) is 5.91 Å². The lowest BCUT2D eigenvalue weighted by Gasteiger charge is -2.14. The highest BCUT2D eigenvalue weighted by Crippen LogP contribution is 2.24. The van der Waals surface area contributed by atoms with E-state index in [1.165, 1.54) is 18.4 Å². The molecule has 138 valence electrons. The van der Waals surface area contributed by atoms with E-state index >= 15 is 0 Å². The molecular weight excluding hydrogens is 361 g/mol. The van der Waals surface area contributed by atoms with Crippen molar-refractivity contribution in [1.82, 2.24) is 5.32 Å². The summed E-state index contributed by atoms with van der Waals surface area (Å²) in [6.45, 7) is 0.539. The van der Waals surface area contributed by atoms with Crippen molar-refractivity contribution in [3.63, 3.8) is 0 Å². The second kappa shape index (κ2) is 8.77. The van der Waals surface area contributed by atoms with Crippen molar-refractivity contribution in [3.05, 3.63) is 53.0 Å². The lowest BCUT2D eigenvalue weighted by atomic mass is 10.1. The van der Waals surface area contributed by atoms with Gasteiger partial charge in [0, 0.05) is 12.1 Å². The van der Waals surface area contributed by atoms with E-state index < -0.39 is 18.7 Å². The largest absolute Gasteiger partial charge is 0.484 e. The highest BCUT2D eigenvalue weighted by molar-refractivity contribution is 5.93. The lowest BCUT2D eigenvalue weighted by molar-refractivity contribution is -0.153. The summed E-state index contributed by atoms with van der Waals surface area (Å²) in [5.74, 6) is 0.132. The molecule has 0 aliphatic rings. The van der Waals surface area contributed by atoms with Crippen molar-refractivity contribution in [2.45, 2.75) is 26.2 Å². The molecule has 0 atom stereocenters. The Morgan fingerprint density at radius 2 is 2.04 bits per heavy atom. The summed E-state index contributed by atoms with van der Waals surface area (Å²) < 4.78 is 46.9. The summed E-state index contributed by atoms with van der Waals surface area (Å²) in [5, 5.41) is 2.61. The first kappa shape index (κ1) is 20.9. The predicted octanol–water partition coefficient (Wildman–Crippen LogP) is 3.34. The van der Waals surface area contributed by atoms with Crippen LogP contribution in [-0.4, -0.2) is 18.7 Å². The zero-order chi connectivity index (χ0) is 17.7. The molecule has 0 unspecified atom stereocenters. The Balaban J connectivity index is 0.00000312. The van der Waals surface area contributed by atoms with Crippen molar-refractivity contribution in [2.75, 3.05) is 6.61 Å². The topological polar surface area (TPSA) is 77.5 Å². The number of rotatable bonds is 6. The number of aryl methyl sites for hydroxylation is 1. The quantitative estimate of drug-likeness (QED) is 0.808. The molecule has 0 aliphatic heterocycles. The number of ether oxygens (including phenoxy) is 1. The van der Waals surface area contributed by atoms with Crippen molar-refractivity contribution >= 4 is 18.3 Å². The first-order valence-electron chi connectivity index (χ1n) is 7.13. The Morgan fingerprint density at radius 3 is 2.64 bits per heavy atom. The van der Waals surface area contributed by atoms with E-state index in [0.29, 0.717) is 16.9 Å². The summed E-state index contributed by atoms with van der Waals surface area (Å²) >= 11 is 0. The highest BCUT2D eigenvalue weighted by atomic mass is 35.5. The standard InChI is InChI=1S/C16H17F3N2O3.ClH/c1-10-2-3-11(14(4-10)24-9-16(17,18)19)7-21-15(22)12-5-13(6-20)23-8-12;/h2-5,8H,6-7,9,20H2,1H3,(H,21,22);1H. The van der Waals surface area contributed by atoms with Gasteiger partial charge in [-0.3, -0.25) is 4.79 Å². The smallest absolute Gasteiger partial charge is 0.422 e. The van der Waals surface area contributed by atoms with Crippen molar-refractivity contribution in [3.8, 4) is 5.75 Å². The molecule has 3 N–H and O–H groups in total. The predicted molar refractivity (Wildman–Crippen MR) is 87.7 cm³/mol. The van der Waals surface area contributed by atoms with Gasteiger partial charge in [-0.25, -0.2) is 0 Å². The molecule has 1 aromatic carbocycles. The molecule has 0 saturated carbocycles. The van der Waals surface area contributed by atoms with Crippen LogP contribution in [0.25, 0.3) is 0 Å². The Bertz CT molecular complexity index is 717. The van der Waals surface area contributed by atoms with E-state index in [-0.39, 0.29) is 31.2 Å². The summed E-state index contributed by atoms with van der Waals surface area (Å²) in [5.41, 5.74) is 6.89. The minimum Gasteiger partial charge on any atom is -0.484 e. The Kier molecular flexibility index (Phi) is 7.32. The van der Waals surface area contributed by atoms with Crippen LogP contribution < -0.4 is 15.8 Å². The Morgan fingerprint density at radius 1 is 1.32 bits per heavy atom. The van der Waals surface area contributed by atoms with E-state index in [1.54, 1.807) is 19.1 Å². The number of carbonyl (C=O) groups excluding carboxylic acids is 1. The van der Waals surface area contributed by atoms with E-state index in [9.17, 15) is 18.0 Å². The molecule has 2 aromatic rings. The number of hydrogen-bond donors (Lipinski definition) is 2. The van der Waals surface area contributed by atoms with Crippen LogP contribution in [0.3, 0.4) is 0 Å². The SMILES string of the molecule is Cc1ccc(CNC(=O)c2coc(CN)c2)c(OCC(F)(F)F)c1.Cl. The van der Waals surface area contributed by atoms with Gasteiger partial charge in [0.2, 0.25) is 0 Å². The first-order valence-corrected chi connectivity index (χ1v) is 7.13. The third kappa shape index (κ3) is 6.32. The number of carbonyl (C=O) groups is 1. The Labute approximate surface area is 148 Å². The van der Waals surface area contributed by atoms with Crippen LogP contribution in [0, 0.1) is 6.92 Å². The average Bonchev–Trinajstić information content (AvgIpc) is 3.00. The zero-order valence-corrected chi connectivity index (χ0v) is 14.2. The fraction of sp³-hybridized carbons (Fsp3) is 0.312. The van der Waals surface area contributed by atoms with Crippen LogP contribution in [0.5, 0.6) is 5.75 Å². The molecule has 2 rings (SSSR count). The van der Waals surface area contributed by atoms with E-state index in [1.807, 2.05) is 0 Å². The molecule has 0 spiro atoms. The molecule has 0 saturated heterocycles. The first-order chi connectivity index (χ1) is 11.3. The van der Waals surface area contributed by atoms with Crippen LogP contribution in [0.2, 0.25) is 0 Å². The number of alkyl halides is 3. The number of furan rings is 1. The molecule has 0 bridgehead atoms. The molecule has 5 nitrogen and oxygen atoms in total. The number of nitrogens with one attached hydrogen (secondary N) is 1. The monoisotopic (exact) mass is 378 g/mol. The average molecular weight is 379 g/mol. The number of nitrogens with two attached hydrogens (primary N) is 1. The van der Waals surface area contributed by atoms with E-state index in [4.69, 9.17) is 14.9 Å². The maximum absolute atomic E-state index is 12.3. The van der Waals surface area contributed by atoms with Crippen LogP contribution in [0.15, 0.2) is 34.9 Å². The molecule has 1 amide bonds. The van der Waals surface area contributed by atoms with Gasteiger partial charge in [-0.15, -0.1) is 12.4 Å². The number of hydrogen-bond acceptors (Lipinski definition) is 4. The summed E-state index contributed by atoms with van der Waals surface area (Å²) in [4.78, 5) is 12.0. The van der Waals surface area contributed by atoms with Gasteiger partial charge in [-0.05, 0) is 24.6 Å². The van der Waals surface area contributed by atoms with Crippen LogP contribution in [0.4, 0.5) is 13.2 Å². The van der Waals surface area contributed by atoms with Crippen molar-refractivity contribution < 1.29 is 27.1 Å². The normalized spacial score (nSPS) is 10.9. The van der Waals surface area contributed by atoms with Crippen LogP contribution in [0.1, 0.15) is 27.2 Å². The minimum atomic E-state index is -4.43. The van der Waals surface area contributed by atoms with Crippen molar-refractivity contribution in [1.29, 1.82) is 0 Å². The molecule has 0 fully saturated rings. The van der Waals surface area contributed by atoms with E-state index in [2.05, 4.69) is 5.32 Å². The molecular formula is C16H18ClF3N2O3. The molecule has 25 heavy (non-hydrogen) atoms. The Hall–Kier alpha value is -2.19. The number of amides is 1. The maximum atomic E-state index is 12.3. The van der Waals surface area contributed by atoms with Gasteiger partial charge in [-0.2, -0.15) is 13.2 Å². The summed E-state index contributed by atoms with van der Waals surface area (Å²) in [6, 6.07) is 6.34. The van der Waals surface area contributed by atoms with Gasteiger partial charge in [-0.1, -0.05) is 12.1 Å². The fourth-order valence-electron chi connectivity index (χ4n) is 1.99. The molecule has 9 heteroatoms. The molecule has 1 heterocycles. The van der Waals surface area contributed by atoms with Gasteiger partial charge >= 0.3 is 6.18 Å². The third-order valence-electron chi connectivity index (χ3n) is 3.17. The lowest BCUT2D eigenvalue weighted by Crippen LogP contribution is -2.24. The van der Waals surface area contributed by atoms with Gasteiger partial charge in [0.05, 0.1) is 12.1 Å². The van der Waals surface area contributed by atoms with Crippen LogP contribution in [-0.2, 0) is 13.1 Å². The fourth-order valence-corrected chi connectivity index (χ4v) is 1.99. The second-order valence-electron chi connectivity index (χ2n) is 5.20. The second-order valence-corrected chi connectivity index (χ2v) is 5.20. The van der Waals surface area contributed by atoms with Gasteiger partial charge in [0.1, 0.15) is 17.8 Å². The van der Waals surface area contributed by atoms with Crippen molar-refractivity contribution in [2.24, 2.45) is 5.73 Å². The molecule has 1 aromatic heterocycles. The molecule has 0 aliphatic carbocycles. The molecule has 0 radical (unpaired) electrons. The maximum Gasteiger partial charge on any atom is 0.422 e. The number of benzene rings is 1.